The second-order valence-corrected chi connectivity index (χ2v) is 4.90. The summed E-state index contributed by atoms with van der Waals surface area (Å²) in [4.78, 5) is 3.11. The summed E-state index contributed by atoms with van der Waals surface area (Å²) in [6.45, 7) is 2.33. The van der Waals surface area contributed by atoms with Crippen molar-refractivity contribution in [3.8, 4) is 0 Å². The SMILES string of the molecule is CSCCCN1CCCC1C(N)=S. The van der Waals surface area contributed by atoms with Gasteiger partial charge in [-0.1, -0.05) is 12.2 Å². The molecule has 0 radical (unpaired) electrons. The summed E-state index contributed by atoms with van der Waals surface area (Å²) in [7, 11) is 0. The molecule has 1 fully saturated rings. The van der Waals surface area contributed by atoms with Crippen molar-refractivity contribution in [2.45, 2.75) is 25.3 Å². The van der Waals surface area contributed by atoms with E-state index in [1.807, 2.05) is 11.8 Å². The maximum atomic E-state index is 5.68. The number of hydrogen-bond acceptors (Lipinski definition) is 3. The fourth-order valence-corrected chi connectivity index (χ4v) is 2.51. The summed E-state index contributed by atoms with van der Waals surface area (Å²) in [6, 6.07) is 0.386. The summed E-state index contributed by atoms with van der Waals surface area (Å²) in [6.07, 6.45) is 5.81. The van der Waals surface area contributed by atoms with Gasteiger partial charge in [-0.15, -0.1) is 0 Å². The molecule has 1 unspecified atom stereocenters. The molecule has 0 aromatic heterocycles. The lowest BCUT2D eigenvalue weighted by Gasteiger charge is -2.22. The van der Waals surface area contributed by atoms with Gasteiger partial charge in [-0.3, -0.25) is 4.90 Å². The molecule has 0 bridgehead atoms. The van der Waals surface area contributed by atoms with E-state index in [2.05, 4.69) is 11.2 Å². The molecule has 13 heavy (non-hydrogen) atoms. The van der Waals surface area contributed by atoms with Crippen molar-refractivity contribution < 1.29 is 0 Å². The van der Waals surface area contributed by atoms with E-state index in [-0.39, 0.29) is 0 Å². The van der Waals surface area contributed by atoms with Gasteiger partial charge in [0.2, 0.25) is 0 Å². The number of hydrogen-bond donors (Lipinski definition) is 1. The van der Waals surface area contributed by atoms with Gasteiger partial charge in [0.25, 0.3) is 0 Å². The zero-order valence-corrected chi connectivity index (χ0v) is 9.79. The van der Waals surface area contributed by atoms with Crippen molar-refractivity contribution >= 4 is 29.0 Å². The minimum Gasteiger partial charge on any atom is -0.392 e. The molecule has 1 aliphatic rings. The largest absolute Gasteiger partial charge is 0.392 e. The van der Waals surface area contributed by atoms with Crippen molar-refractivity contribution in [2.24, 2.45) is 5.73 Å². The van der Waals surface area contributed by atoms with Crippen LogP contribution in [0.1, 0.15) is 19.3 Å². The molecule has 0 aromatic rings. The smallest absolute Gasteiger partial charge is 0.0902 e. The molecule has 1 saturated heterocycles. The highest BCUT2D eigenvalue weighted by atomic mass is 32.2. The number of nitrogens with zero attached hydrogens (tertiary/aromatic N) is 1. The van der Waals surface area contributed by atoms with Crippen LogP contribution < -0.4 is 5.73 Å². The first kappa shape index (κ1) is 11.3. The van der Waals surface area contributed by atoms with E-state index < -0.39 is 0 Å². The molecule has 0 amide bonds. The number of rotatable bonds is 5. The van der Waals surface area contributed by atoms with Crippen LogP contribution in [0, 0.1) is 0 Å². The van der Waals surface area contributed by atoms with Gasteiger partial charge >= 0.3 is 0 Å². The van der Waals surface area contributed by atoms with E-state index in [4.69, 9.17) is 18.0 Å². The van der Waals surface area contributed by atoms with Crippen LogP contribution in [-0.2, 0) is 0 Å². The molecule has 1 heterocycles. The van der Waals surface area contributed by atoms with E-state index in [9.17, 15) is 0 Å². The standard InChI is InChI=1S/C9H18N2S2/c1-13-7-3-6-11-5-2-4-8(11)9(10)12/h8H,2-7H2,1H3,(H2,10,12). The minimum absolute atomic E-state index is 0.386. The Morgan fingerprint density at radius 1 is 1.69 bits per heavy atom. The summed E-state index contributed by atoms with van der Waals surface area (Å²) in [5.74, 6) is 1.24. The molecule has 0 spiro atoms. The minimum atomic E-state index is 0.386. The van der Waals surface area contributed by atoms with Crippen LogP contribution in [0.15, 0.2) is 0 Å². The predicted octanol–water partition coefficient (Wildman–Crippen LogP) is 1.49. The second-order valence-electron chi connectivity index (χ2n) is 3.44. The molecule has 0 saturated carbocycles. The molecule has 76 valence electrons. The lowest BCUT2D eigenvalue weighted by molar-refractivity contribution is 0.305. The molecule has 1 rings (SSSR count). The van der Waals surface area contributed by atoms with Crippen molar-refractivity contribution in [1.29, 1.82) is 0 Å². The van der Waals surface area contributed by atoms with Gasteiger partial charge in [-0.25, -0.2) is 0 Å². The number of thiocarbonyl (C=S) groups is 1. The van der Waals surface area contributed by atoms with Gasteiger partial charge in [0.05, 0.1) is 11.0 Å². The summed E-state index contributed by atoms with van der Waals surface area (Å²) in [5.41, 5.74) is 5.68. The van der Waals surface area contributed by atoms with E-state index >= 15 is 0 Å². The van der Waals surface area contributed by atoms with Crippen LogP contribution in [0.25, 0.3) is 0 Å². The van der Waals surface area contributed by atoms with Crippen molar-refractivity contribution in [1.82, 2.24) is 4.90 Å². The van der Waals surface area contributed by atoms with Crippen LogP contribution in [-0.4, -0.2) is 41.0 Å². The number of likely N-dealkylation sites (tertiary alicyclic amines) is 1. The van der Waals surface area contributed by atoms with E-state index in [0.29, 0.717) is 11.0 Å². The Labute approximate surface area is 90.2 Å². The fraction of sp³-hybridized carbons (Fsp3) is 0.889. The van der Waals surface area contributed by atoms with Crippen LogP contribution in [0.2, 0.25) is 0 Å². The third kappa shape index (κ3) is 3.44. The lowest BCUT2D eigenvalue weighted by atomic mass is 10.2. The molecule has 0 aromatic carbocycles. The summed E-state index contributed by atoms with van der Waals surface area (Å²) < 4.78 is 0. The Hall–Kier alpha value is 0.200. The zero-order chi connectivity index (χ0) is 9.68. The molecule has 1 atom stereocenters. The van der Waals surface area contributed by atoms with Crippen molar-refractivity contribution in [3.63, 3.8) is 0 Å². The summed E-state index contributed by atoms with van der Waals surface area (Å²) in [5, 5.41) is 0. The van der Waals surface area contributed by atoms with Crippen LogP contribution in [0.3, 0.4) is 0 Å². The van der Waals surface area contributed by atoms with E-state index in [1.54, 1.807) is 0 Å². The van der Waals surface area contributed by atoms with E-state index in [0.717, 1.165) is 13.0 Å². The first-order chi connectivity index (χ1) is 6.25. The van der Waals surface area contributed by atoms with E-state index in [1.165, 1.54) is 25.1 Å². The molecule has 0 aliphatic carbocycles. The zero-order valence-electron chi connectivity index (χ0n) is 8.16. The third-order valence-corrected chi connectivity index (χ3v) is 3.45. The highest BCUT2D eigenvalue weighted by Gasteiger charge is 2.25. The molecule has 2 nitrogen and oxygen atoms in total. The topological polar surface area (TPSA) is 29.3 Å². The molecular weight excluding hydrogens is 200 g/mol. The van der Waals surface area contributed by atoms with Gasteiger partial charge < -0.3 is 5.73 Å². The van der Waals surface area contributed by atoms with Gasteiger partial charge in [-0.2, -0.15) is 11.8 Å². The Kier molecular flexibility index (Phi) is 5.06. The molecule has 1 aliphatic heterocycles. The Bertz CT molecular complexity index is 173. The Morgan fingerprint density at radius 3 is 3.08 bits per heavy atom. The predicted molar refractivity (Wildman–Crippen MR) is 64.4 cm³/mol. The quantitative estimate of drug-likeness (QED) is 0.559. The maximum absolute atomic E-state index is 5.68. The summed E-state index contributed by atoms with van der Waals surface area (Å²) >= 11 is 6.95. The highest BCUT2D eigenvalue weighted by Crippen LogP contribution is 2.17. The monoisotopic (exact) mass is 218 g/mol. The maximum Gasteiger partial charge on any atom is 0.0902 e. The second kappa shape index (κ2) is 5.83. The lowest BCUT2D eigenvalue weighted by Crippen LogP contribution is -2.39. The van der Waals surface area contributed by atoms with Gasteiger partial charge in [0, 0.05) is 0 Å². The Balaban J connectivity index is 2.27. The van der Waals surface area contributed by atoms with Crippen LogP contribution in [0.5, 0.6) is 0 Å². The third-order valence-electron chi connectivity index (χ3n) is 2.49. The van der Waals surface area contributed by atoms with Crippen molar-refractivity contribution in [2.75, 3.05) is 25.1 Å². The van der Waals surface area contributed by atoms with Gasteiger partial charge in [0.15, 0.2) is 0 Å². The number of thioether (sulfide) groups is 1. The molecular formula is C9H18N2S2. The molecule has 2 N–H and O–H groups in total. The highest BCUT2D eigenvalue weighted by molar-refractivity contribution is 7.98. The van der Waals surface area contributed by atoms with Gasteiger partial charge in [-0.05, 0) is 44.4 Å². The number of nitrogens with two attached hydrogens (primary N) is 1. The van der Waals surface area contributed by atoms with Crippen molar-refractivity contribution in [3.05, 3.63) is 0 Å². The normalized spacial score (nSPS) is 23.6. The van der Waals surface area contributed by atoms with Crippen LogP contribution >= 0.6 is 24.0 Å². The first-order valence-corrected chi connectivity index (χ1v) is 6.58. The Morgan fingerprint density at radius 2 is 2.46 bits per heavy atom. The van der Waals surface area contributed by atoms with Gasteiger partial charge in [0.1, 0.15) is 0 Å². The first-order valence-electron chi connectivity index (χ1n) is 4.78. The fourth-order valence-electron chi connectivity index (χ4n) is 1.83. The molecule has 4 heteroatoms. The van der Waals surface area contributed by atoms with Crippen LogP contribution in [0.4, 0.5) is 0 Å². The average molecular weight is 218 g/mol. The average Bonchev–Trinajstić information content (AvgIpc) is 2.53.